The second-order valence-electron chi connectivity index (χ2n) is 3.35. The second kappa shape index (κ2) is 6.74. The standard InChI is InChI=1S/C12H16N2O2/c1-10(15)12-5-3-11(4-6-12)9-14-16-8-7-13-2/h3-6,9,13H,7-8H2,1-2H3/b14-9+. The fourth-order valence-corrected chi connectivity index (χ4v) is 1.10. The summed E-state index contributed by atoms with van der Waals surface area (Å²) in [5, 5.41) is 6.75. The maximum absolute atomic E-state index is 11.0. The number of hydrogen-bond donors (Lipinski definition) is 1. The Kier molecular flexibility index (Phi) is 5.22. The van der Waals surface area contributed by atoms with E-state index in [4.69, 9.17) is 4.84 Å². The predicted octanol–water partition coefficient (Wildman–Crippen LogP) is 1.46. The van der Waals surface area contributed by atoms with Gasteiger partial charge in [-0.3, -0.25) is 4.79 Å². The highest BCUT2D eigenvalue weighted by Gasteiger charge is 1.97. The summed E-state index contributed by atoms with van der Waals surface area (Å²) in [6, 6.07) is 7.22. The third-order valence-electron chi connectivity index (χ3n) is 2.04. The minimum absolute atomic E-state index is 0.0637. The number of benzene rings is 1. The summed E-state index contributed by atoms with van der Waals surface area (Å²) in [5.41, 5.74) is 1.61. The monoisotopic (exact) mass is 220 g/mol. The fraction of sp³-hybridized carbons (Fsp3) is 0.333. The SMILES string of the molecule is CNCCO/N=C/c1ccc(C(C)=O)cc1. The smallest absolute Gasteiger partial charge is 0.159 e. The lowest BCUT2D eigenvalue weighted by molar-refractivity contribution is 0.101. The molecule has 0 aliphatic heterocycles. The van der Waals surface area contributed by atoms with Crippen molar-refractivity contribution in [2.75, 3.05) is 20.2 Å². The van der Waals surface area contributed by atoms with Gasteiger partial charge in [0.05, 0.1) is 6.21 Å². The molecule has 0 aliphatic carbocycles. The Morgan fingerprint density at radius 3 is 2.69 bits per heavy atom. The summed E-state index contributed by atoms with van der Waals surface area (Å²) in [4.78, 5) is 16.0. The van der Waals surface area contributed by atoms with Gasteiger partial charge in [0.25, 0.3) is 0 Å². The minimum Gasteiger partial charge on any atom is -0.394 e. The zero-order chi connectivity index (χ0) is 11.8. The first-order chi connectivity index (χ1) is 7.74. The van der Waals surface area contributed by atoms with E-state index < -0.39 is 0 Å². The topological polar surface area (TPSA) is 50.7 Å². The average molecular weight is 220 g/mol. The van der Waals surface area contributed by atoms with Gasteiger partial charge < -0.3 is 10.2 Å². The number of likely N-dealkylation sites (N-methyl/N-ethyl adjacent to an activating group) is 1. The molecule has 0 bridgehead atoms. The van der Waals surface area contributed by atoms with Crippen LogP contribution in [0.4, 0.5) is 0 Å². The molecule has 0 unspecified atom stereocenters. The quantitative estimate of drug-likeness (QED) is 0.342. The van der Waals surface area contributed by atoms with Crippen molar-refractivity contribution in [2.24, 2.45) is 5.16 Å². The number of carbonyl (C=O) groups excluding carboxylic acids is 1. The van der Waals surface area contributed by atoms with Crippen LogP contribution in [-0.4, -0.2) is 32.2 Å². The van der Waals surface area contributed by atoms with Crippen LogP contribution in [0.15, 0.2) is 29.4 Å². The molecule has 1 aromatic carbocycles. The molecule has 86 valence electrons. The van der Waals surface area contributed by atoms with Gasteiger partial charge in [0.2, 0.25) is 0 Å². The molecule has 1 aromatic rings. The number of nitrogens with one attached hydrogen (secondary N) is 1. The Labute approximate surface area is 95.3 Å². The third-order valence-corrected chi connectivity index (χ3v) is 2.04. The normalized spacial score (nSPS) is 10.6. The van der Waals surface area contributed by atoms with E-state index in [1.807, 2.05) is 19.2 Å². The highest BCUT2D eigenvalue weighted by atomic mass is 16.6. The number of Topliss-reactive ketones (excluding diaryl/α,β-unsaturated/α-hetero) is 1. The fourth-order valence-electron chi connectivity index (χ4n) is 1.10. The maximum Gasteiger partial charge on any atom is 0.159 e. The Bertz CT molecular complexity index is 358. The molecule has 0 saturated heterocycles. The lowest BCUT2D eigenvalue weighted by Gasteiger charge is -1.98. The highest BCUT2D eigenvalue weighted by Crippen LogP contribution is 2.03. The predicted molar refractivity (Wildman–Crippen MR) is 63.9 cm³/mol. The van der Waals surface area contributed by atoms with Crippen molar-refractivity contribution < 1.29 is 9.63 Å². The average Bonchev–Trinajstić information content (AvgIpc) is 2.29. The molecule has 4 nitrogen and oxygen atoms in total. The molecule has 0 amide bonds. The second-order valence-corrected chi connectivity index (χ2v) is 3.35. The molecule has 1 N–H and O–H groups in total. The van der Waals surface area contributed by atoms with Crippen molar-refractivity contribution in [3.8, 4) is 0 Å². The van der Waals surface area contributed by atoms with Crippen LogP contribution in [0.25, 0.3) is 0 Å². The van der Waals surface area contributed by atoms with Crippen molar-refractivity contribution in [2.45, 2.75) is 6.92 Å². The van der Waals surface area contributed by atoms with Crippen LogP contribution in [0.5, 0.6) is 0 Å². The first-order valence-corrected chi connectivity index (χ1v) is 5.15. The van der Waals surface area contributed by atoms with Crippen LogP contribution in [0, 0.1) is 0 Å². The van der Waals surface area contributed by atoms with Crippen LogP contribution < -0.4 is 5.32 Å². The highest BCUT2D eigenvalue weighted by molar-refractivity contribution is 5.94. The van der Waals surface area contributed by atoms with Crippen molar-refractivity contribution in [1.29, 1.82) is 0 Å². The number of hydrogen-bond acceptors (Lipinski definition) is 4. The number of carbonyl (C=O) groups is 1. The number of oxime groups is 1. The summed E-state index contributed by atoms with van der Waals surface area (Å²) in [6.45, 7) is 2.85. The van der Waals surface area contributed by atoms with Crippen LogP contribution >= 0.6 is 0 Å². The summed E-state index contributed by atoms with van der Waals surface area (Å²) < 4.78 is 0. The lowest BCUT2D eigenvalue weighted by atomic mass is 10.1. The van der Waals surface area contributed by atoms with Gasteiger partial charge in [0.15, 0.2) is 5.78 Å². The number of rotatable bonds is 6. The molecule has 4 heteroatoms. The van der Waals surface area contributed by atoms with Crippen molar-refractivity contribution in [1.82, 2.24) is 5.32 Å². The van der Waals surface area contributed by atoms with Crippen LogP contribution in [-0.2, 0) is 4.84 Å². The molecule has 0 saturated carbocycles. The van der Waals surface area contributed by atoms with Crippen molar-refractivity contribution >= 4 is 12.0 Å². The van der Waals surface area contributed by atoms with E-state index in [9.17, 15) is 4.79 Å². The van der Waals surface area contributed by atoms with Crippen LogP contribution in [0.2, 0.25) is 0 Å². The largest absolute Gasteiger partial charge is 0.394 e. The zero-order valence-corrected chi connectivity index (χ0v) is 9.56. The van der Waals surface area contributed by atoms with E-state index in [1.165, 1.54) is 0 Å². The van der Waals surface area contributed by atoms with E-state index in [-0.39, 0.29) is 5.78 Å². The summed E-state index contributed by atoms with van der Waals surface area (Å²) in [7, 11) is 1.85. The minimum atomic E-state index is 0.0637. The molecule has 0 fully saturated rings. The van der Waals surface area contributed by atoms with Gasteiger partial charge in [-0.25, -0.2) is 0 Å². The van der Waals surface area contributed by atoms with Gasteiger partial charge in [-0.15, -0.1) is 0 Å². The molecule has 0 spiro atoms. The van der Waals surface area contributed by atoms with Gasteiger partial charge in [-0.1, -0.05) is 29.4 Å². The van der Waals surface area contributed by atoms with Gasteiger partial charge in [0.1, 0.15) is 6.61 Å². The van der Waals surface area contributed by atoms with Gasteiger partial charge >= 0.3 is 0 Å². The molecule has 0 aromatic heterocycles. The Morgan fingerprint density at radius 2 is 2.12 bits per heavy atom. The molecule has 0 heterocycles. The molecule has 16 heavy (non-hydrogen) atoms. The Balaban J connectivity index is 2.45. The molecule has 0 aliphatic rings. The first-order valence-electron chi connectivity index (χ1n) is 5.15. The van der Waals surface area contributed by atoms with E-state index >= 15 is 0 Å². The maximum atomic E-state index is 11.0. The van der Waals surface area contributed by atoms with E-state index in [0.29, 0.717) is 12.2 Å². The number of nitrogens with zero attached hydrogens (tertiary/aromatic N) is 1. The molecule has 0 radical (unpaired) electrons. The molecular formula is C12H16N2O2. The van der Waals surface area contributed by atoms with Crippen molar-refractivity contribution in [3.05, 3.63) is 35.4 Å². The Hall–Kier alpha value is -1.68. The number of ketones is 1. The molecular weight excluding hydrogens is 204 g/mol. The van der Waals surface area contributed by atoms with Crippen LogP contribution in [0.3, 0.4) is 0 Å². The van der Waals surface area contributed by atoms with Gasteiger partial charge in [-0.05, 0) is 19.5 Å². The van der Waals surface area contributed by atoms with Gasteiger partial charge in [-0.2, -0.15) is 0 Å². The Morgan fingerprint density at radius 1 is 1.44 bits per heavy atom. The molecule has 0 atom stereocenters. The lowest BCUT2D eigenvalue weighted by Crippen LogP contribution is -2.12. The van der Waals surface area contributed by atoms with E-state index in [0.717, 1.165) is 12.1 Å². The molecule has 1 rings (SSSR count). The van der Waals surface area contributed by atoms with E-state index in [2.05, 4.69) is 10.5 Å². The third kappa shape index (κ3) is 4.23. The first kappa shape index (κ1) is 12.4. The van der Waals surface area contributed by atoms with E-state index in [1.54, 1.807) is 25.3 Å². The summed E-state index contributed by atoms with van der Waals surface area (Å²) >= 11 is 0. The summed E-state index contributed by atoms with van der Waals surface area (Å²) in [5.74, 6) is 0.0637. The van der Waals surface area contributed by atoms with Crippen molar-refractivity contribution in [3.63, 3.8) is 0 Å². The zero-order valence-electron chi connectivity index (χ0n) is 9.56. The summed E-state index contributed by atoms with van der Waals surface area (Å²) in [6.07, 6.45) is 1.62. The van der Waals surface area contributed by atoms with Gasteiger partial charge in [0, 0.05) is 12.1 Å². The van der Waals surface area contributed by atoms with Crippen LogP contribution in [0.1, 0.15) is 22.8 Å².